The van der Waals surface area contributed by atoms with Gasteiger partial charge in [-0.05, 0) is 45.3 Å². The number of aliphatic carboxylic acids is 1. The van der Waals surface area contributed by atoms with Gasteiger partial charge >= 0.3 is 29.6 Å². The predicted molar refractivity (Wildman–Crippen MR) is 227 cm³/mol. The van der Waals surface area contributed by atoms with E-state index in [2.05, 4.69) is 18.7 Å². The van der Waals surface area contributed by atoms with Crippen LogP contribution in [0.5, 0.6) is 0 Å². The van der Waals surface area contributed by atoms with Gasteiger partial charge in [0.05, 0.1) is 0 Å². The molecule has 0 heterocycles. The van der Waals surface area contributed by atoms with Gasteiger partial charge in [-0.2, -0.15) is 0 Å². The summed E-state index contributed by atoms with van der Waals surface area (Å²) in [6, 6.07) is 0. The second-order valence-electron chi connectivity index (χ2n) is 16.8. The van der Waals surface area contributed by atoms with Crippen molar-refractivity contribution in [2.45, 2.75) is 284 Å². The zero-order chi connectivity index (χ0) is 37.0. The number of carboxylic acids is 1. The van der Waals surface area contributed by atoms with E-state index in [1.807, 2.05) is 0 Å². The summed E-state index contributed by atoms with van der Waals surface area (Å²) in [6.45, 7) is 7.81. The van der Waals surface area contributed by atoms with E-state index in [4.69, 9.17) is 0 Å². The standard InChI is InChI=1S/C48H97NO2.Na/c1-3-5-7-9-11-13-15-17-19-21-23-25-27-29-31-33-35-37-39-41-45-49(47-43-44-48(50)51)46-42-40-38-36-34-32-30-28-26-24-22-20-18-16-14-12-10-8-6-4-2;/h3-47H2,1-2H3,(H,50,51);/q;+1/p-1. The zero-order valence-corrected chi connectivity index (χ0v) is 38.6. The molecule has 0 unspecified atom stereocenters. The Bertz CT molecular complexity index is 600. The molecule has 4 heteroatoms. The Hall–Kier alpha value is 0.430. The van der Waals surface area contributed by atoms with E-state index in [1.165, 1.54) is 257 Å². The van der Waals surface area contributed by atoms with Crippen LogP contribution in [-0.2, 0) is 4.79 Å². The predicted octanol–water partition coefficient (Wildman–Crippen LogP) is 12.5. The second kappa shape index (κ2) is 49.4. The summed E-state index contributed by atoms with van der Waals surface area (Å²) in [5.74, 6) is -0.896. The van der Waals surface area contributed by atoms with Crippen LogP contribution in [0.2, 0.25) is 0 Å². The van der Waals surface area contributed by atoms with E-state index in [1.54, 1.807) is 0 Å². The topological polar surface area (TPSA) is 43.4 Å². The second-order valence-corrected chi connectivity index (χ2v) is 16.8. The minimum atomic E-state index is -0.896. The molecule has 0 fully saturated rings. The quantitative estimate of drug-likeness (QED) is 0.0461. The normalized spacial score (nSPS) is 11.4. The Morgan fingerprint density at radius 2 is 0.481 bits per heavy atom. The first-order valence-electron chi connectivity index (χ1n) is 24.1. The van der Waals surface area contributed by atoms with Gasteiger partial charge in [-0.1, -0.05) is 258 Å². The fourth-order valence-corrected chi connectivity index (χ4v) is 7.96. The molecule has 306 valence electrons. The molecule has 0 saturated carbocycles. The average Bonchev–Trinajstić information content (AvgIpc) is 3.12. The van der Waals surface area contributed by atoms with Gasteiger partial charge in [0.1, 0.15) is 0 Å². The van der Waals surface area contributed by atoms with Crippen molar-refractivity contribution in [3.8, 4) is 0 Å². The molecule has 0 aliphatic rings. The molecule has 0 aliphatic heterocycles. The van der Waals surface area contributed by atoms with Crippen LogP contribution in [0, 0.1) is 0 Å². The third-order valence-corrected chi connectivity index (χ3v) is 11.5. The van der Waals surface area contributed by atoms with Crippen molar-refractivity contribution in [1.82, 2.24) is 4.90 Å². The molecule has 0 bridgehead atoms. The number of carbonyl (C=O) groups is 1. The van der Waals surface area contributed by atoms with Gasteiger partial charge in [0.25, 0.3) is 0 Å². The number of carbonyl (C=O) groups excluding carboxylic acids is 1. The molecule has 0 N–H and O–H groups in total. The molecule has 0 saturated heterocycles. The van der Waals surface area contributed by atoms with Crippen molar-refractivity contribution in [3.05, 3.63) is 0 Å². The van der Waals surface area contributed by atoms with Crippen LogP contribution in [0.4, 0.5) is 0 Å². The van der Waals surface area contributed by atoms with Crippen LogP contribution in [0.1, 0.15) is 284 Å². The molecule has 3 nitrogen and oxygen atoms in total. The molecular weight excluding hydrogens is 646 g/mol. The van der Waals surface area contributed by atoms with Crippen LogP contribution < -0.4 is 34.7 Å². The van der Waals surface area contributed by atoms with Crippen LogP contribution in [0.15, 0.2) is 0 Å². The molecule has 0 atom stereocenters. The number of carboxylic acid groups (broad SMARTS) is 1. The average molecular weight is 742 g/mol. The number of hydrogen-bond acceptors (Lipinski definition) is 3. The van der Waals surface area contributed by atoms with Crippen LogP contribution in [0.3, 0.4) is 0 Å². The maximum atomic E-state index is 10.9. The first-order chi connectivity index (χ1) is 25.2. The van der Waals surface area contributed by atoms with Crippen molar-refractivity contribution >= 4 is 5.97 Å². The summed E-state index contributed by atoms with van der Waals surface area (Å²) >= 11 is 0. The van der Waals surface area contributed by atoms with E-state index < -0.39 is 5.97 Å². The Labute approximate surface area is 351 Å². The Balaban J connectivity index is 0. The van der Waals surface area contributed by atoms with Gasteiger partial charge < -0.3 is 14.8 Å². The van der Waals surface area contributed by atoms with Crippen molar-refractivity contribution < 1.29 is 39.5 Å². The van der Waals surface area contributed by atoms with Crippen LogP contribution in [0.25, 0.3) is 0 Å². The molecule has 0 aromatic heterocycles. The van der Waals surface area contributed by atoms with Gasteiger partial charge in [-0.15, -0.1) is 0 Å². The summed E-state index contributed by atoms with van der Waals surface area (Å²) in [5.41, 5.74) is 0. The third-order valence-electron chi connectivity index (χ3n) is 11.5. The van der Waals surface area contributed by atoms with Gasteiger partial charge in [0, 0.05) is 5.97 Å². The van der Waals surface area contributed by atoms with Crippen molar-refractivity contribution in [1.29, 1.82) is 0 Å². The van der Waals surface area contributed by atoms with E-state index in [9.17, 15) is 9.90 Å². The van der Waals surface area contributed by atoms with Gasteiger partial charge in [0.2, 0.25) is 0 Å². The molecule has 0 aromatic rings. The maximum Gasteiger partial charge on any atom is 1.00 e. The molecule has 0 rings (SSSR count). The van der Waals surface area contributed by atoms with Crippen LogP contribution in [-0.4, -0.2) is 30.5 Å². The van der Waals surface area contributed by atoms with E-state index in [-0.39, 0.29) is 36.0 Å². The Morgan fingerprint density at radius 3 is 0.673 bits per heavy atom. The van der Waals surface area contributed by atoms with Gasteiger partial charge in [-0.25, -0.2) is 0 Å². The van der Waals surface area contributed by atoms with Gasteiger partial charge in [0.15, 0.2) is 0 Å². The molecule has 52 heavy (non-hydrogen) atoms. The number of hydrogen-bond donors (Lipinski definition) is 0. The summed E-state index contributed by atoms with van der Waals surface area (Å²) in [4.78, 5) is 13.5. The van der Waals surface area contributed by atoms with E-state index in [0.29, 0.717) is 0 Å². The molecular formula is C48H96NNaO2. The molecule has 0 radical (unpaired) electrons. The summed E-state index contributed by atoms with van der Waals surface area (Å²) in [7, 11) is 0. The third kappa shape index (κ3) is 48.4. The smallest absolute Gasteiger partial charge is 0.550 e. The minimum absolute atomic E-state index is 0. The molecule has 0 aliphatic carbocycles. The molecule has 0 amide bonds. The number of rotatable bonds is 46. The summed E-state index contributed by atoms with van der Waals surface area (Å²) < 4.78 is 0. The van der Waals surface area contributed by atoms with Crippen molar-refractivity contribution in [2.75, 3.05) is 19.6 Å². The Morgan fingerprint density at radius 1 is 0.308 bits per heavy atom. The fourth-order valence-electron chi connectivity index (χ4n) is 7.96. The summed E-state index contributed by atoms with van der Waals surface area (Å²) in [6.07, 6.45) is 57.8. The van der Waals surface area contributed by atoms with E-state index >= 15 is 0 Å². The van der Waals surface area contributed by atoms with Crippen molar-refractivity contribution in [2.24, 2.45) is 0 Å². The maximum absolute atomic E-state index is 10.9. The molecule has 0 spiro atoms. The largest absolute Gasteiger partial charge is 1.00 e. The summed E-state index contributed by atoms with van der Waals surface area (Å²) in [5, 5.41) is 10.9. The van der Waals surface area contributed by atoms with E-state index in [0.717, 1.165) is 26.1 Å². The number of nitrogens with zero attached hydrogens (tertiary/aromatic N) is 1. The zero-order valence-electron chi connectivity index (χ0n) is 36.6. The first-order valence-corrected chi connectivity index (χ1v) is 24.1. The van der Waals surface area contributed by atoms with Gasteiger partial charge in [-0.3, -0.25) is 0 Å². The minimum Gasteiger partial charge on any atom is -0.550 e. The number of unbranched alkanes of at least 4 members (excludes halogenated alkanes) is 38. The fraction of sp³-hybridized carbons (Fsp3) is 0.979. The SMILES string of the molecule is CCCCCCCCCCCCCCCCCCCCCCN(CCCCCCCCCCCCCCCCCCCCCC)CCCC(=O)[O-].[Na+]. The Kier molecular flexibility index (Phi) is 51.9. The molecule has 0 aromatic carbocycles. The van der Waals surface area contributed by atoms with Crippen molar-refractivity contribution in [3.63, 3.8) is 0 Å². The van der Waals surface area contributed by atoms with Crippen LogP contribution >= 0.6 is 0 Å². The first kappa shape index (κ1) is 54.5. The monoisotopic (exact) mass is 742 g/mol.